The monoisotopic (exact) mass is 267 g/mol. The number of aromatic nitrogens is 2. The lowest BCUT2D eigenvalue weighted by atomic mass is 10.2. The van der Waals surface area contributed by atoms with E-state index in [1.54, 1.807) is 12.1 Å². The maximum atomic E-state index is 13.0. The minimum Gasteiger partial charge on any atom is -0.365 e. The van der Waals surface area contributed by atoms with Crippen LogP contribution < -0.4 is 5.32 Å². The Morgan fingerprint density at radius 1 is 1.39 bits per heavy atom. The fourth-order valence-electron chi connectivity index (χ4n) is 1.56. The highest BCUT2D eigenvalue weighted by molar-refractivity contribution is 6.30. The highest BCUT2D eigenvalue weighted by Gasteiger charge is 2.03. The zero-order valence-electron chi connectivity index (χ0n) is 10.3. The van der Waals surface area contributed by atoms with Crippen molar-refractivity contribution in [2.75, 3.05) is 5.32 Å². The van der Waals surface area contributed by atoms with Gasteiger partial charge in [0.15, 0.2) is 0 Å². The van der Waals surface area contributed by atoms with Gasteiger partial charge in [-0.05, 0) is 31.5 Å². The molecule has 0 unspecified atom stereocenters. The fraction of sp³-hybridized carbons (Fsp3) is 0.308. The number of nitrogens with zero attached hydrogens (tertiary/aromatic N) is 2. The summed E-state index contributed by atoms with van der Waals surface area (Å²) in [4.78, 5) is 0. The maximum absolute atomic E-state index is 13.0. The predicted molar refractivity (Wildman–Crippen MR) is 71.3 cm³/mol. The summed E-state index contributed by atoms with van der Waals surface area (Å²) in [6.45, 7) is 4.70. The van der Waals surface area contributed by atoms with Gasteiger partial charge in [0.05, 0.1) is 5.02 Å². The molecule has 0 aliphatic carbocycles. The molecular formula is C13H15ClFN3. The summed E-state index contributed by atoms with van der Waals surface area (Å²) in [6.07, 6.45) is 1.92. The Morgan fingerprint density at radius 2 is 2.17 bits per heavy atom. The van der Waals surface area contributed by atoms with Gasteiger partial charge in [-0.2, -0.15) is 5.10 Å². The number of halogens is 2. The summed E-state index contributed by atoms with van der Waals surface area (Å²) in [5.74, 6) is 0.397. The zero-order chi connectivity index (χ0) is 13.1. The number of benzene rings is 1. The lowest BCUT2D eigenvalue weighted by Crippen LogP contribution is -2.04. The Kier molecular flexibility index (Phi) is 3.87. The molecule has 0 aliphatic rings. The van der Waals surface area contributed by atoms with Gasteiger partial charge in [-0.15, -0.1) is 0 Å². The largest absolute Gasteiger partial charge is 0.365 e. The van der Waals surface area contributed by atoms with Crippen molar-refractivity contribution in [3.05, 3.63) is 46.9 Å². The lowest BCUT2D eigenvalue weighted by Gasteiger charge is -2.06. The number of hydrogen-bond donors (Lipinski definition) is 1. The molecule has 2 aromatic rings. The van der Waals surface area contributed by atoms with E-state index in [2.05, 4.69) is 24.3 Å². The first-order chi connectivity index (χ1) is 8.56. The summed E-state index contributed by atoms with van der Waals surface area (Å²) >= 11 is 5.72. The average molecular weight is 268 g/mol. The van der Waals surface area contributed by atoms with E-state index < -0.39 is 5.82 Å². The van der Waals surface area contributed by atoms with Gasteiger partial charge >= 0.3 is 0 Å². The smallest absolute Gasteiger partial charge is 0.148 e. The van der Waals surface area contributed by atoms with Crippen molar-refractivity contribution in [3.63, 3.8) is 0 Å². The van der Waals surface area contributed by atoms with Crippen molar-refractivity contribution >= 4 is 17.4 Å². The van der Waals surface area contributed by atoms with Gasteiger partial charge in [0.2, 0.25) is 0 Å². The summed E-state index contributed by atoms with van der Waals surface area (Å²) in [5.41, 5.74) is 0.917. The van der Waals surface area contributed by atoms with E-state index in [1.807, 2.05) is 16.9 Å². The van der Waals surface area contributed by atoms with Crippen molar-refractivity contribution in [1.29, 1.82) is 0 Å². The van der Waals surface area contributed by atoms with Gasteiger partial charge in [0, 0.05) is 24.8 Å². The van der Waals surface area contributed by atoms with Crippen LogP contribution in [0.3, 0.4) is 0 Å². The van der Waals surface area contributed by atoms with Crippen LogP contribution in [0, 0.1) is 5.82 Å². The Bertz CT molecular complexity index is 537. The van der Waals surface area contributed by atoms with Crippen LogP contribution in [0.5, 0.6) is 0 Å². The zero-order valence-corrected chi connectivity index (χ0v) is 11.1. The summed E-state index contributed by atoms with van der Waals surface area (Å²) in [7, 11) is 0. The van der Waals surface area contributed by atoms with E-state index in [1.165, 1.54) is 6.07 Å². The van der Waals surface area contributed by atoms with Gasteiger partial charge in [-0.25, -0.2) is 4.39 Å². The molecule has 0 saturated heterocycles. The third-order valence-electron chi connectivity index (χ3n) is 2.60. The molecule has 0 saturated carbocycles. The number of anilines is 1. The highest BCUT2D eigenvalue weighted by atomic mass is 35.5. The fourth-order valence-corrected chi connectivity index (χ4v) is 1.77. The molecule has 0 aliphatic heterocycles. The molecule has 0 bridgehead atoms. The minimum absolute atomic E-state index is 0.141. The van der Waals surface area contributed by atoms with Gasteiger partial charge < -0.3 is 5.32 Å². The summed E-state index contributed by atoms with van der Waals surface area (Å²) < 4.78 is 14.9. The molecule has 18 heavy (non-hydrogen) atoms. The first kappa shape index (κ1) is 12.9. The molecular weight excluding hydrogens is 253 g/mol. The van der Waals surface area contributed by atoms with Gasteiger partial charge in [-0.3, -0.25) is 4.68 Å². The Balaban J connectivity index is 2.00. The molecule has 0 fully saturated rings. The SMILES string of the molecule is CC(C)n1ccc(NCc2ccc(F)c(Cl)c2)n1. The predicted octanol–water partition coefficient (Wildman–Crippen LogP) is 3.87. The Morgan fingerprint density at radius 3 is 2.78 bits per heavy atom. The van der Waals surface area contributed by atoms with Crippen LogP contribution in [-0.2, 0) is 6.54 Å². The standard InChI is InChI=1S/C13H15ClFN3/c1-9(2)18-6-5-13(17-18)16-8-10-3-4-12(15)11(14)7-10/h3-7,9H,8H2,1-2H3,(H,16,17). The molecule has 1 N–H and O–H groups in total. The number of nitrogens with one attached hydrogen (secondary N) is 1. The van der Waals surface area contributed by atoms with Crippen molar-refractivity contribution in [1.82, 2.24) is 9.78 Å². The molecule has 96 valence electrons. The van der Waals surface area contributed by atoms with E-state index in [9.17, 15) is 4.39 Å². The molecule has 1 heterocycles. The van der Waals surface area contributed by atoms with Crippen LogP contribution in [0.1, 0.15) is 25.5 Å². The topological polar surface area (TPSA) is 29.9 Å². The number of rotatable bonds is 4. The van der Waals surface area contributed by atoms with Crippen LogP contribution in [0.4, 0.5) is 10.2 Å². The molecule has 5 heteroatoms. The van der Waals surface area contributed by atoms with Crippen LogP contribution in [0.25, 0.3) is 0 Å². The second-order valence-electron chi connectivity index (χ2n) is 4.38. The molecule has 0 atom stereocenters. The molecule has 1 aromatic heterocycles. The van der Waals surface area contributed by atoms with Crippen LogP contribution in [0.2, 0.25) is 5.02 Å². The average Bonchev–Trinajstić information content (AvgIpc) is 2.79. The Hall–Kier alpha value is -1.55. The summed E-state index contributed by atoms with van der Waals surface area (Å²) in [6, 6.07) is 6.93. The molecule has 2 rings (SSSR count). The van der Waals surface area contributed by atoms with E-state index in [0.717, 1.165) is 11.4 Å². The van der Waals surface area contributed by atoms with E-state index in [4.69, 9.17) is 11.6 Å². The third-order valence-corrected chi connectivity index (χ3v) is 2.88. The maximum Gasteiger partial charge on any atom is 0.148 e. The molecule has 0 spiro atoms. The van der Waals surface area contributed by atoms with E-state index >= 15 is 0 Å². The quantitative estimate of drug-likeness (QED) is 0.911. The molecule has 0 amide bonds. The van der Waals surface area contributed by atoms with Crippen molar-refractivity contribution in [2.24, 2.45) is 0 Å². The molecule has 0 radical (unpaired) electrons. The highest BCUT2D eigenvalue weighted by Crippen LogP contribution is 2.17. The first-order valence-corrected chi connectivity index (χ1v) is 6.17. The Labute approximate surface area is 111 Å². The van der Waals surface area contributed by atoms with E-state index in [0.29, 0.717) is 12.6 Å². The van der Waals surface area contributed by atoms with Gasteiger partial charge in [-0.1, -0.05) is 17.7 Å². The van der Waals surface area contributed by atoms with Crippen molar-refractivity contribution in [2.45, 2.75) is 26.4 Å². The first-order valence-electron chi connectivity index (χ1n) is 5.79. The normalized spacial score (nSPS) is 10.9. The lowest BCUT2D eigenvalue weighted by molar-refractivity contribution is 0.534. The van der Waals surface area contributed by atoms with Crippen molar-refractivity contribution in [3.8, 4) is 0 Å². The van der Waals surface area contributed by atoms with Crippen LogP contribution >= 0.6 is 11.6 Å². The molecule has 1 aromatic carbocycles. The minimum atomic E-state index is -0.399. The third kappa shape index (κ3) is 3.01. The molecule has 3 nitrogen and oxygen atoms in total. The second-order valence-corrected chi connectivity index (χ2v) is 4.78. The van der Waals surface area contributed by atoms with Crippen LogP contribution in [-0.4, -0.2) is 9.78 Å². The second kappa shape index (κ2) is 5.40. The van der Waals surface area contributed by atoms with Gasteiger partial charge in [0.25, 0.3) is 0 Å². The van der Waals surface area contributed by atoms with Gasteiger partial charge in [0.1, 0.15) is 11.6 Å². The van der Waals surface area contributed by atoms with E-state index in [-0.39, 0.29) is 5.02 Å². The summed E-state index contributed by atoms with van der Waals surface area (Å²) in [5, 5.41) is 7.67. The van der Waals surface area contributed by atoms with Crippen molar-refractivity contribution < 1.29 is 4.39 Å². The number of hydrogen-bond acceptors (Lipinski definition) is 2. The van der Waals surface area contributed by atoms with Crippen LogP contribution in [0.15, 0.2) is 30.5 Å².